The van der Waals surface area contributed by atoms with Crippen LogP contribution < -0.4 is 14.8 Å². The summed E-state index contributed by atoms with van der Waals surface area (Å²) in [7, 11) is -4.18. The van der Waals surface area contributed by atoms with E-state index in [0.717, 1.165) is 11.1 Å². The first kappa shape index (κ1) is 34.4. The third kappa shape index (κ3) is 11.5. The minimum Gasteiger partial charge on any atom is -0.489 e. The quantitative estimate of drug-likeness (QED) is 0.209. The Morgan fingerprint density at radius 3 is 2.02 bits per heavy atom. The van der Waals surface area contributed by atoms with Gasteiger partial charge in [-0.15, -0.1) is 0 Å². The molecule has 43 heavy (non-hydrogen) atoms. The van der Waals surface area contributed by atoms with E-state index in [1.54, 1.807) is 45.0 Å². The highest BCUT2D eigenvalue weighted by Crippen LogP contribution is 2.23. The van der Waals surface area contributed by atoms with Crippen molar-refractivity contribution in [3.05, 3.63) is 94.0 Å². The molecule has 0 aromatic heterocycles. The number of carbonyl (C=O) groups is 2. The van der Waals surface area contributed by atoms with Crippen LogP contribution in [-0.4, -0.2) is 38.0 Å². The van der Waals surface area contributed by atoms with Gasteiger partial charge in [0.15, 0.2) is 0 Å². The van der Waals surface area contributed by atoms with Crippen molar-refractivity contribution in [2.24, 2.45) is 5.92 Å². The van der Waals surface area contributed by atoms with E-state index in [1.165, 1.54) is 18.2 Å². The monoisotopic (exact) mass is 648 g/mol. The largest absolute Gasteiger partial charge is 0.489 e. The molecule has 0 spiro atoms. The second-order valence-electron chi connectivity index (χ2n) is 11.6. The van der Waals surface area contributed by atoms with Crippen LogP contribution in [0.2, 0.25) is 10.0 Å². The second-order valence-corrected chi connectivity index (χ2v) is 14.2. The molecule has 0 radical (unpaired) electrons. The molecule has 0 fully saturated rings. The molecule has 0 aliphatic heterocycles. The van der Waals surface area contributed by atoms with Crippen molar-refractivity contribution in [2.75, 3.05) is 0 Å². The van der Waals surface area contributed by atoms with Gasteiger partial charge in [0.2, 0.25) is 15.9 Å². The number of nitrogens with one attached hydrogen (secondary N) is 2. The van der Waals surface area contributed by atoms with E-state index in [0.29, 0.717) is 12.4 Å². The molecule has 0 aliphatic rings. The standard InChI is InChI=1S/C32H38Cl2N2O6S/c1-21(2)15-28(36-43(39,40)27-18-24(33)17-25(34)19-27)30(37)35-29(31(38)42-32(3,4)5)16-22-11-13-26(14-12-22)41-20-23-9-7-6-8-10-23/h6-14,17-19,21,28-29,36H,15-16,20H2,1-5H3,(H,35,37)/t28-,29-/m0/s1. The van der Waals surface area contributed by atoms with Gasteiger partial charge in [-0.05, 0) is 74.6 Å². The molecule has 11 heteroatoms. The molecule has 8 nitrogen and oxygen atoms in total. The van der Waals surface area contributed by atoms with Crippen LogP contribution in [0.15, 0.2) is 77.7 Å². The number of halogens is 2. The van der Waals surface area contributed by atoms with E-state index in [-0.39, 0.29) is 33.7 Å². The van der Waals surface area contributed by atoms with E-state index in [1.807, 2.05) is 44.2 Å². The summed E-state index contributed by atoms with van der Waals surface area (Å²) < 4.78 is 40.3. The molecule has 3 rings (SSSR count). The normalized spacial score (nSPS) is 13.3. The van der Waals surface area contributed by atoms with Gasteiger partial charge in [-0.3, -0.25) is 4.79 Å². The third-order valence-corrected chi connectivity index (χ3v) is 7.97. The summed E-state index contributed by atoms with van der Waals surface area (Å²) in [5.41, 5.74) is 0.974. The maximum atomic E-state index is 13.5. The zero-order valence-corrected chi connectivity index (χ0v) is 27.2. The maximum Gasteiger partial charge on any atom is 0.329 e. The molecule has 0 aliphatic carbocycles. The Hall–Kier alpha value is -3.11. The van der Waals surface area contributed by atoms with Gasteiger partial charge in [0, 0.05) is 16.5 Å². The Labute approximate surface area is 264 Å². The lowest BCUT2D eigenvalue weighted by Crippen LogP contribution is -2.53. The molecule has 232 valence electrons. The highest BCUT2D eigenvalue weighted by molar-refractivity contribution is 7.89. The van der Waals surface area contributed by atoms with E-state index in [2.05, 4.69) is 10.0 Å². The predicted molar refractivity (Wildman–Crippen MR) is 169 cm³/mol. The van der Waals surface area contributed by atoms with Gasteiger partial charge in [-0.2, -0.15) is 4.72 Å². The van der Waals surface area contributed by atoms with Gasteiger partial charge < -0.3 is 14.8 Å². The average Bonchev–Trinajstić information content (AvgIpc) is 2.90. The summed E-state index contributed by atoms with van der Waals surface area (Å²) in [6.45, 7) is 9.32. The van der Waals surface area contributed by atoms with Gasteiger partial charge in [-0.1, -0.05) is 79.5 Å². The molecule has 0 unspecified atom stereocenters. The van der Waals surface area contributed by atoms with Gasteiger partial charge in [0.25, 0.3) is 0 Å². The van der Waals surface area contributed by atoms with E-state index >= 15 is 0 Å². The minimum atomic E-state index is -4.18. The number of hydrogen-bond donors (Lipinski definition) is 2. The smallest absolute Gasteiger partial charge is 0.329 e. The van der Waals surface area contributed by atoms with Crippen LogP contribution in [0.3, 0.4) is 0 Å². The van der Waals surface area contributed by atoms with Crippen molar-refractivity contribution < 1.29 is 27.5 Å². The Morgan fingerprint density at radius 1 is 0.860 bits per heavy atom. The van der Waals surface area contributed by atoms with Crippen LogP contribution >= 0.6 is 23.2 Å². The van der Waals surface area contributed by atoms with E-state index in [4.69, 9.17) is 32.7 Å². The van der Waals surface area contributed by atoms with Crippen LogP contribution in [-0.2, 0) is 37.4 Å². The number of benzene rings is 3. The zero-order chi connectivity index (χ0) is 31.8. The van der Waals surface area contributed by atoms with Crippen molar-refractivity contribution >= 4 is 45.1 Å². The maximum absolute atomic E-state index is 13.5. The molecule has 1 amide bonds. The number of sulfonamides is 1. The van der Waals surface area contributed by atoms with Crippen molar-refractivity contribution in [1.82, 2.24) is 10.0 Å². The van der Waals surface area contributed by atoms with Crippen molar-refractivity contribution in [3.8, 4) is 5.75 Å². The first-order valence-electron chi connectivity index (χ1n) is 13.9. The molecular formula is C32H38Cl2N2O6S. The predicted octanol–water partition coefficient (Wildman–Crippen LogP) is 6.33. The average molecular weight is 650 g/mol. The van der Waals surface area contributed by atoms with Crippen molar-refractivity contribution in [3.63, 3.8) is 0 Å². The van der Waals surface area contributed by atoms with Crippen LogP contribution in [0.1, 0.15) is 52.2 Å². The number of hydrogen-bond acceptors (Lipinski definition) is 6. The van der Waals surface area contributed by atoms with Crippen LogP contribution in [0.4, 0.5) is 0 Å². The molecule has 0 heterocycles. The Morgan fingerprint density at radius 2 is 1.47 bits per heavy atom. The Balaban J connectivity index is 1.79. The first-order valence-corrected chi connectivity index (χ1v) is 16.1. The van der Waals surface area contributed by atoms with Gasteiger partial charge in [0.05, 0.1) is 4.90 Å². The number of rotatable bonds is 13. The Bertz CT molecular complexity index is 1470. The first-order chi connectivity index (χ1) is 20.1. The van der Waals surface area contributed by atoms with Gasteiger partial charge in [0.1, 0.15) is 30.0 Å². The molecular weight excluding hydrogens is 611 g/mol. The number of ether oxygens (including phenoxy) is 2. The summed E-state index contributed by atoms with van der Waals surface area (Å²) in [5, 5.41) is 3.00. The fourth-order valence-corrected chi connectivity index (χ4v) is 6.09. The van der Waals surface area contributed by atoms with Crippen LogP contribution in [0.25, 0.3) is 0 Å². The van der Waals surface area contributed by atoms with Crippen molar-refractivity contribution in [2.45, 2.75) is 76.6 Å². The zero-order valence-electron chi connectivity index (χ0n) is 24.9. The topological polar surface area (TPSA) is 111 Å². The summed E-state index contributed by atoms with van der Waals surface area (Å²) in [6.07, 6.45) is 0.290. The van der Waals surface area contributed by atoms with E-state index < -0.39 is 39.6 Å². The van der Waals surface area contributed by atoms with Crippen molar-refractivity contribution in [1.29, 1.82) is 0 Å². The third-order valence-electron chi connectivity index (χ3n) is 6.09. The number of amides is 1. The molecule has 3 aromatic rings. The fraction of sp³-hybridized carbons (Fsp3) is 0.375. The molecule has 3 aromatic carbocycles. The highest BCUT2D eigenvalue weighted by Gasteiger charge is 2.32. The number of esters is 1. The van der Waals surface area contributed by atoms with Gasteiger partial charge in [-0.25, -0.2) is 13.2 Å². The molecule has 0 bridgehead atoms. The van der Waals surface area contributed by atoms with Crippen LogP contribution in [0.5, 0.6) is 5.75 Å². The summed E-state index contributed by atoms with van der Waals surface area (Å²) in [6, 6.07) is 18.6. The molecule has 2 atom stereocenters. The summed E-state index contributed by atoms with van der Waals surface area (Å²) >= 11 is 12.0. The summed E-state index contributed by atoms with van der Waals surface area (Å²) in [4.78, 5) is 26.6. The fourth-order valence-electron chi connectivity index (χ4n) is 4.16. The Kier molecular flexibility index (Phi) is 12.0. The molecule has 0 saturated heterocycles. The molecule has 2 N–H and O–H groups in total. The van der Waals surface area contributed by atoms with Gasteiger partial charge >= 0.3 is 5.97 Å². The number of carbonyl (C=O) groups excluding carboxylic acids is 2. The van der Waals surface area contributed by atoms with E-state index in [9.17, 15) is 18.0 Å². The lowest BCUT2D eigenvalue weighted by atomic mass is 10.0. The lowest BCUT2D eigenvalue weighted by Gasteiger charge is -2.27. The lowest BCUT2D eigenvalue weighted by molar-refractivity contribution is -0.158. The SMILES string of the molecule is CC(C)C[C@H](NS(=O)(=O)c1cc(Cl)cc(Cl)c1)C(=O)N[C@@H](Cc1ccc(OCc2ccccc2)cc1)C(=O)OC(C)(C)C. The second kappa shape index (κ2) is 15.1. The summed E-state index contributed by atoms with van der Waals surface area (Å²) in [5.74, 6) is -0.704. The minimum absolute atomic E-state index is 0.0511. The highest BCUT2D eigenvalue weighted by atomic mass is 35.5. The molecule has 0 saturated carbocycles. The van der Waals surface area contributed by atoms with Crippen LogP contribution in [0, 0.1) is 5.92 Å².